The van der Waals surface area contributed by atoms with Crippen LogP contribution >= 0.6 is 0 Å². The van der Waals surface area contributed by atoms with Gasteiger partial charge in [-0.3, -0.25) is 0 Å². The lowest BCUT2D eigenvalue weighted by Crippen LogP contribution is -2.02. The van der Waals surface area contributed by atoms with Crippen molar-refractivity contribution in [2.75, 3.05) is 13.2 Å². The Morgan fingerprint density at radius 3 is 2.46 bits per heavy atom. The molecule has 0 unspecified atom stereocenters. The normalized spacial score (nSPS) is 11.7. The second kappa shape index (κ2) is 9.75. The minimum atomic E-state index is 0.352. The molecule has 2 nitrogen and oxygen atoms in total. The van der Waals surface area contributed by atoms with Gasteiger partial charge in [0.25, 0.3) is 0 Å². The second-order valence-corrected chi connectivity index (χ2v) is 3.46. The van der Waals surface area contributed by atoms with Crippen molar-refractivity contribution >= 4 is 0 Å². The van der Waals surface area contributed by atoms with Crippen LogP contribution in [-0.4, -0.2) is 19.3 Å². The van der Waals surface area contributed by atoms with E-state index in [2.05, 4.69) is 26.0 Å². The van der Waals surface area contributed by atoms with E-state index in [4.69, 9.17) is 10.5 Å². The predicted molar refractivity (Wildman–Crippen MR) is 57.8 cm³/mol. The van der Waals surface area contributed by atoms with E-state index >= 15 is 0 Å². The van der Waals surface area contributed by atoms with E-state index in [0.717, 1.165) is 32.4 Å². The highest BCUT2D eigenvalue weighted by Gasteiger charge is 1.89. The highest BCUT2D eigenvalue weighted by atomic mass is 16.5. The average Bonchev–Trinajstić information content (AvgIpc) is 2.09. The van der Waals surface area contributed by atoms with Crippen molar-refractivity contribution in [3.63, 3.8) is 0 Å². The lowest BCUT2D eigenvalue weighted by molar-refractivity contribution is 0.0825. The molecule has 0 bridgehead atoms. The number of nitrogens with two attached hydrogens (primary N) is 1. The van der Waals surface area contributed by atoms with Crippen molar-refractivity contribution in [2.45, 2.75) is 45.6 Å². The lowest BCUT2D eigenvalue weighted by atomic mass is 10.2. The van der Waals surface area contributed by atoms with Crippen LogP contribution in [0.4, 0.5) is 0 Å². The standard InChI is InChI=1S/C11H23NO/c1-11(2)13-10-8-6-4-3-5-7-9-12/h4,6,11H,3,5,7-10,12H2,1-2H3/b6-4+. The minimum Gasteiger partial charge on any atom is -0.378 e. The van der Waals surface area contributed by atoms with Crippen LogP contribution in [0.3, 0.4) is 0 Å². The van der Waals surface area contributed by atoms with Gasteiger partial charge in [-0.15, -0.1) is 0 Å². The number of hydrogen-bond acceptors (Lipinski definition) is 2. The molecule has 0 aromatic rings. The second-order valence-electron chi connectivity index (χ2n) is 3.46. The summed E-state index contributed by atoms with van der Waals surface area (Å²) in [7, 11) is 0. The third-order valence-corrected chi connectivity index (χ3v) is 1.73. The maximum Gasteiger partial charge on any atom is 0.0519 e. The highest BCUT2D eigenvalue weighted by molar-refractivity contribution is 4.81. The molecule has 0 aliphatic heterocycles. The zero-order valence-corrected chi connectivity index (χ0v) is 8.96. The van der Waals surface area contributed by atoms with E-state index in [9.17, 15) is 0 Å². The quantitative estimate of drug-likeness (QED) is 0.466. The zero-order valence-electron chi connectivity index (χ0n) is 8.96. The van der Waals surface area contributed by atoms with Gasteiger partial charge in [-0.2, -0.15) is 0 Å². The van der Waals surface area contributed by atoms with Crippen LogP contribution in [0.1, 0.15) is 39.5 Å². The fourth-order valence-electron chi connectivity index (χ4n) is 1.01. The fraction of sp³-hybridized carbons (Fsp3) is 0.818. The third kappa shape index (κ3) is 11.7. The molecule has 0 aromatic heterocycles. The molecule has 78 valence electrons. The molecule has 0 heterocycles. The zero-order chi connectivity index (χ0) is 9.94. The third-order valence-electron chi connectivity index (χ3n) is 1.73. The van der Waals surface area contributed by atoms with Gasteiger partial charge >= 0.3 is 0 Å². The van der Waals surface area contributed by atoms with E-state index < -0.39 is 0 Å². The topological polar surface area (TPSA) is 35.2 Å². The van der Waals surface area contributed by atoms with Crippen molar-refractivity contribution in [3.8, 4) is 0 Å². The molecule has 0 aliphatic rings. The highest BCUT2D eigenvalue weighted by Crippen LogP contribution is 1.97. The predicted octanol–water partition coefficient (Wildman–Crippen LogP) is 2.49. The van der Waals surface area contributed by atoms with Gasteiger partial charge in [0.2, 0.25) is 0 Å². The maximum absolute atomic E-state index is 5.40. The molecule has 2 heteroatoms. The molecule has 0 saturated carbocycles. The van der Waals surface area contributed by atoms with Crippen LogP contribution in [0.2, 0.25) is 0 Å². The summed E-state index contributed by atoms with van der Waals surface area (Å²) in [6.07, 6.45) is 9.29. The molecule has 0 rings (SSSR count). The lowest BCUT2D eigenvalue weighted by Gasteiger charge is -2.04. The molecule has 0 aliphatic carbocycles. The molecule has 0 amide bonds. The van der Waals surface area contributed by atoms with E-state index in [0.29, 0.717) is 6.10 Å². The first-order chi connectivity index (χ1) is 6.27. The number of unbranched alkanes of at least 4 members (excludes halogenated alkanes) is 2. The van der Waals surface area contributed by atoms with Gasteiger partial charge in [-0.05, 0) is 46.1 Å². The summed E-state index contributed by atoms with van der Waals surface area (Å²) in [4.78, 5) is 0. The summed E-state index contributed by atoms with van der Waals surface area (Å²) < 4.78 is 5.40. The fourth-order valence-corrected chi connectivity index (χ4v) is 1.01. The van der Waals surface area contributed by atoms with E-state index in [1.165, 1.54) is 6.42 Å². The largest absolute Gasteiger partial charge is 0.378 e. The Morgan fingerprint density at radius 2 is 1.85 bits per heavy atom. The Kier molecular flexibility index (Phi) is 9.49. The van der Waals surface area contributed by atoms with Crippen LogP contribution in [-0.2, 0) is 4.74 Å². The number of ether oxygens (including phenoxy) is 1. The Morgan fingerprint density at radius 1 is 1.15 bits per heavy atom. The number of allylic oxidation sites excluding steroid dienone is 1. The van der Waals surface area contributed by atoms with Crippen LogP contribution in [0.5, 0.6) is 0 Å². The molecule has 0 aromatic carbocycles. The van der Waals surface area contributed by atoms with Crippen LogP contribution in [0.15, 0.2) is 12.2 Å². The van der Waals surface area contributed by atoms with Crippen LogP contribution in [0, 0.1) is 0 Å². The molecule has 0 fully saturated rings. The Hall–Kier alpha value is -0.340. The first-order valence-electron chi connectivity index (χ1n) is 5.24. The smallest absolute Gasteiger partial charge is 0.0519 e. The van der Waals surface area contributed by atoms with Gasteiger partial charge in [-0.1, -0.05) is 12.2 Å². The summed E-state index contributed by atoms with van der Waals surface area (Å²) in [6.45, 7) is 5.77. The van der Waals surface area contributed by atoms with Gasteiger partial charge < -0.3 is 10.5 Å². The van der Waals surface area contributed by atoms with E-state index in [1.54, 1.807) is 0 Å². The van der Waals surface area contributed by atoms with Crippen molar-refractivity contribution in [1.29, 1.82) is 0 Å². The Balaban J connectivity index is 3.03. The molecule has 0 saturated heterocycles. The number of hydrogen-bond donors (Lipinski definition) is 1. The summed E-state index contributed by atoms with van der Waals surface area (Å²) in [5, 5.41) is 0. The Labute approximate surface area is 82.2 Å². The maximum atomic E-state index is 5.40. The summed E-state index contributed by atoms with van der Waals surface area (Å²) in [5.41, 5.74) is 5.38. The Bertz CT molecular complexity index is 121. The monoisotopic (exact) mass is 185 g/mol. The first kappa shape index (κ1) is 12.7. The van der Waals surface area contributed by atoms with Gasteiger partial charge in [0.15, 0.2) is 0 Å². The summed E-state index contributed by atoms with van der Waals surface area (Å²) in [5.74, 6) is 0. The molecule has 0 atom stereocenters. The van der Waals surface area contributed by atoms with Gasteiger partial charge in [0.1, 0.15) is 0 Å². The van der Waals surface area contributed by atoms with Crippen molar-refractivity contribution in [3.05, 3.63) is 12.2 Å². The molecular weight excluding hydrogens is 162 g/mol. The van der Waals surface area contributed by atoms with Gasteiger partial charge in [0, 0.05) is 0 Å². The van der Waals surface area contributed by atoms with Crippen molar-refractivity contribution < 1.29 is 4.74 Å². The van der Waals surface area contributed by atoms with Crippen LogP contribution in [0.25, 0.3) is 0 Å². The average molecular weight is 185 g/mol. The van der Waals surface area contributed by atoms with Crippen LogP contribution < -0.4 is 5.73 Å². The van der Waals surface area contributed by atoms with Gasteiger partial charge in [0.05, 0.1) is 12.7 Å². The summed E-state index contributed by atoms with van der Waals surface area (Å²) >= 11 is 0. The van der Waals surface area contributed by atoms with E-state index in [-0.39, 0.29) is 0 Å². The molecule has 2 N–H and O–H groups in total. The molecule has 13 heavy (non-hydrogen) atoms. The first-order valence-corrected chi connectivity index (χ1v) is 5.24. The van der Waals surface area contributed by atoms with Gasteiger partial charge in [-0.25, -0.2) is 0 Å². The summed E-state index contributed by atoms with van der Waals surface area (Å²) in [6, 6.07) is 0. The minimum absolute atomic E-state index is 0.352. The SMILES string of the molecule is CC(C)OCC/C=C/CCCCN. The number of rotatable bonds is 8. The van der Waals surface area contributed by atoms with Crippen molar-refractivity contribution in [1.82, 2.24) is 0 Å². The van der Waals surface area contributed by atoms with Crippen molar-refractivity contribution in [2.24, 2.45) is 5.73 Å². The molecule has 0 spiro atoms. The molecule has 0 radical (unpaired) electrons. The van der Waals surface area contributed by atoms with E-state index in [1.807, 2.05) is 0 Å². The molecular formula is C11H23NO.